The van der Waals surface area contributed by atoms with Crippen LogP contribution in [0.5, 0.6) is 0 Å². The highest BCUT2D eigenvalue weighted by molar-refractivity contribution is 7.89. The first-order valence-electron chi connectivity index (χ1n) is 6.60. The normalized spacial score (nSPS) is 15.0. The Labute approximate surface area is 125 Å². The van der Waals surface area contributed by atoms with Gasteiger partial charge in [-0.1, -0.05) is 13.8 Å². The molecule has 0 aliphatic heterocycles. The quantitative estimate of drug-likeness (QED) is 0.607. The van der Waals surface area contributed by atoms with Crippen molar-refractivity contribution in [3.63, 3.8) is 0 Å². The summed E-state index contributed by atoms with van der Waals surface area (Å²) in [5.74, 6) is -0.300. The van der Waals surface area contributed by atoms with Crippen molar-refractivity contribution in [2.24, 2.45) is 18.7 Å². The van der Waals surface area contributed by atoms with Gasteiger partial charge in [0.2, 0.25) is 15.9 Å². The lowest BCUT2D eigenvalue weighted by Crippen LogP contribution is -2.56. The van der Waals surface area contributed by atoms with Crippen molar-refractivity contribution < 1.29 is 13.2 Å². The van der Waals surface area contributed by atoms with E-state index in [-0.39, 0.29) is 23.9 Å². The number of nitrogens with zero attached hydrogens (tertiary/aromatic N) is 2. The smallest absolute Gasteiger partial charge is 0.244 e. The topological polar surface area (TPSA) is 119 Å². The van der Waals surface area contributed by atoms with Gasteiger partial charge in [-0.2, -0.15) is 5.10 Å². The number of carbonyl (C=O) groups excluding carboxylic acids is 1. The van der Waals surface area contributed by atoms with E-state index in [4.69, 9.17) is 5.73 Å². The third kappa shape index (κ3) is 4.51. The summed E-state index contributed by atoms with van der Waals surface area (Å²) >= 11 is 0. The summed E-state index contributed by atoms with van der Waals surface area (Å²) in [6.07, 6.45) is 2.58. The molecule has 0 aliphatic rings. The molecule has 1 amide bonds. The predicted molar refractivity (Wildman–Crippen MR) is 78.8 cm³/mol. The van der Waals surface area contributed by atoms with E-state index in [0.717, 1.165) is 0 Å². The molecule has 1 rings (SSSR count). The highest BCUT2D eigenvalue weighted by Crippen LogP contribution is 2.14. The van der Waals surface area contributed by atoms with Gasteiger partial charge < -0.3 is 11.1 Å². The van der Waals surface area contributed by atoms with Crippen LogP contribution >= 0.6 is 0 Å². The second kappa shape index (κ2) is 6.54. The molecule has 0 aliphatic carbocycles. The monoisotopic (exact) mass is 317 g/mol. The number of rotatable bonds is 7. The minimum Gasteiger partial charge on any atom is -0.348 e. The van der Waals surface area contributed by atoms with Crippen molar-refractivity contribution in [1.29, 1.82) is 0 Å². The molecule has 1 atom stereocenters. The average Bonchev–Trinajstić information content (AvgIpc) is 2.83. The molecule has 120 valence electrons. The van der Waals surface area contributed by atoms with Gasteiger partial charge in [-0.25, -0.2) is 13.1 Å². The Balaban J connectivity index is 2.65. The molecule has 0 fully saturated rings. The van der Waals surface area contributed by atoms with Crippen LogP contribution in [0.1, 0.15) is 20.8 Å². The summed E-state index contributed by atoms with van der Waals surface area (Å²) in [5, 5.41) is 6.55. The molecule has 0 bridgehead atoms. The highest BCUT2D eigenvalue weighted by Gasteiger charge is 2.29. The zero-order chi connectivity index (χ0) is 16.3. The van der Waals surface area contributed by atoms with E-state index in [1.165, 1.54) is 17.1 Å². The van der Waals surface area contributed by atoms with Crippen LogP contribution in [0, 0.1) is 5.92 Å². The van der Waals surface area contributed by atoms with E-state index in [1.54, 1.807) is 7.05 Å². The number of nitrogens with two attached hydrogens (primary N) is 1. The molecule has 0 saturated heterocycles. The van der Waals surface area contributed by atoms with Gasteiger partial charge in [0.1, 0.15) is 4.90 Å². The predicted octanol–water partition coefficient (Wildman–Crippen LogP) is -0.812. The third-order valence-electron chi connectivity index (χ3n) is 3.54. The first-order chi connectivity index (χ1) is 9.60. The molecular weight excluding hydrogens is 294 g/mol. The summed E-state index contributed by atoms with van der Waals surface area (Å²) in [4.78, 5) is 11.9. The number of aromatic nitrogens is 2. The molecule has 1 heterocycles. The molecule has 1 unspecified atom stereocenters. The Morgan fingerprint density at radius 3 is 2.57 bits per heavy atom. The van der Waals surface area contributed by atoms with Crippen LogP contribution in [0.15, 0.2) is 17.3 Å². The SMILES string of the molecule is CC(C)C(C)(CN)NC(=O)CNS(=O)(=O)c1cnn(C)c1. The van der Waals surface area contributed by atoms with Gasteiger partial charge in [0.05, 0.1) is 18.3 Å². The van der Waals surface area contributed by atoms with Gasteiger partial charge in [-0.15, -0.1) is 0 Å². The Kier molecular flexibility index (Phi) is 5.48. The number of amides is 1. The zero-order valence-electron chi connectivity index (χ0n) is 12.8. The van der Waals surface area contributed by atoms with Crippen molar-refractivity contribution in [3.8, 4) is 0 Å². The minimum atomic E-state index is -3.74. The van der Waals surface area contributed by atoms with E-state index in [2.05, 4.69) is 15.1 Å². The first-order valence-corrected chi connectivity index (χ1v) is 8.08. The maximum atomic E-state index is 11.9. The number of hydrogen-bond acceptors (Lipinski definition) is 5. The Morgan fingerprint density at radius 2 is 2.14 bits per heavy atom. The Hall–Kier alpha value is -1.45. The van der Waals surface area contributed by atoms with E-state index in [9.17, 15) is 13.2 Å². The van der Waals surface area contributed by atoms with Crippen LogP contribution in [0.3, 0.4) is 0 Å². The van der Waals surface area contributed by atoms with Crippen LogP contribution in [0.2, 0.25) is 0 Å². The molecule has 9 heteroatoms. The van der Waals surface area contributed by atoms with E-state index in [0.29, 0.717) is 0 Å². The number of carbonyl (C=O) groups is 1. The largest absolute Gasteiger partial charge is 0.348 e. The van der Waals surface area contributed by atoms with E-state index >= 15 is 0 Å². The van der Waals surface area contributed by atoms with E-state index in [1.807, 2.05) is 20.8 Å². The molecule has 0 saturated carbocycles. The zero-order valence-corrected chi connectivity index (χ0v) is 13.6. The van der Waals surface area contributed by atoms with Crippen molar-refractivity contribution >= 4 is 15.9 Å². The lowest BCUT2D eigenvalue weighted by Gasteiger charge is -2.33. The molecular formula is C12H23N5O3S. The molecule has 4 N–H and O–H groups in total. The molecule has 0 spiro atoms. The van der Waals surface area contributed by atoms with Gasteiger partial charge in [-0.05, 0) is 12.8 Å². The van der Waals surface area contributed by atoms with Crippen molar-refractivity contribution in [3.05, 3.63) is 12.4 Å². The van der Waals surface area contributed by atoms with Gasteiger partial charge >= 0.3 is 0 Å². The maximum Gasteiger partial charge on any atom is 0.244 e. The number of sulfonamides is 1. The summed E-state index contributed by atoms with van der Waals surface area (Å²) < 4.78 is 27.5. The fraction of sp³-hybridized carbons (Fsp3) is 0.667. The Morgan fingerprint density at radius 1 is 1.52 bits per heavy atom. The summed E-state index contributed by atoms with van der Waals surface area (Å²) in [6, 6.07) is 0. The molecule has 0 aromatic carbocycles. The second-order valence-electron chi connectivity index (χ2n) is 5.50. The van der Waals surface area contributed by atoms with E-state index < -0.39 is 21.5 Å². The summed E-state index contributed by atoms with van der Waals surface area (Å²) in [6.45, 7) is 5.62. The van der Waals surface area contributed by atoms with Crippen molar-refractivity contribution in [2.75, 3.05) is 13.1 Å². The molecule has 1 aromatic rings. The van der Waals surface area contributed by atoms with Crippen LogP contribution in [-0.4, -0.2) is 42.7 Å². The fourth-order valence-electron chi connectivity index (χ4n) is 1.58. The average molecular weight is 317 g/mol. The number of aryl methyl sites for hydroxylation is 1. The highest BCUT2D eigenvalue weighted by atomic mass is 32.2. The minimum absolute atomic E-state index is 0.0169. The first kappa shape index (κ1) is 17.6. The lowest BCUT2D eigenvalue weighted by molar-refractivity contribution is -0.122. The lowest BCUT2D eigenvalue weighted by atomic mass is 9.88. The maximum absolute atomic E-state index is 11.9. The summed E-state index contributed by atoms with van der Waals surface area (Å²) in [7, 11) is -2.13. The van der Waals surface area contributed by atoms with Gasteiger partial charge in [-0.3, -0.25) is 9.48 Å². The van der Waals surface area contributed by atoms with Crippen LogP contribution < -0.4 is 15.8 Å². The van der Waals surface area contributed by atoms with Crippen molar-refractivity contribution in [2.45, 2.75) is 31.2 Å². The molecule has 8 nitrogen and oxygen atoms in total. The van der Waals surface area contributed by atoms with Crippen LogP contribution in [0.25, 0.3) is 0 Å². The molecule has 0 radical (unpaired) electrons. The van der Waals surface area contributed by atoms with Crippen molar-refractivity contribution in [1.82, 2.24) is 19.8 Å². The van der Waals surface area contributed by atoms with Gasteiger partial charge in [0.25, 0.3) is 0 Å². The fourth-order valence-corrected chi connectivity index (χ4v) is 2.54. The van der Waals surface area contributed by atoms with Crippen LogP contribution in [-0.2, 0) is 21.9 Å². The Bertz CT molecular complexity index is 596. The van der Waals surface area contributed by atoms with Crippen LogP contribution in [0.4, 0.5) is 0 Å². The second-order valence-corrected chi connectivity index (χ2v) is 7.27. The third-order valence-corrected chi connectivity index (χ3v) is 4.89. The number of nitrogens with one attached hydrogen (secondary N) is 2. The standard InChI is InChI=1S/C12H23N5O3S/c1-9(2)12(3,8-13)16-11(18)6-15-21(19,20)10-5-14-17(4)7-10/h5,7,9,15H,6,8,13H2,1-4H3,(H,16,18). The molecule has 21 heavy (non-hydrogen) atoms. The molecule has 1 aromatic heterocycles. The van der Waals surface area contributed by atoms with Gasteiger partial charge in [0.15, 0.2) is 0 Å². The van der Waals surface area contributed by atoms with Gasteiger partial charge in [0, 0.05) is 19.8 Å². The number of hydrogen-bond donors (Lipinski definition) is 3. The summed E-state index contributed by atoms with van der Waals surface area (Å²) in [5.41, 5.74) is 5.10.